The Bertz CT molecular complexity index is 602. The Morgan fingerprint density at radius 3 is 2.50 bits per heavy atom. The van der Waals surface area contributed by atoms with Crippen molar-refractivity contribution in [1.29, 1.82) is 0 Å². The second-order valence-electron chi connectivity index (χ2n) is 3.70. The molecule has 0 aromatic heterocycles. The first-order chi connectivity index (χ1) is 8.52. The average molecular weight is 286 g/mol. The van der Waals surface area contributed by atoms with E-state index >= 15 is 0 Å². The van der Waals surface area contributed by atoms with Gasteiger partial charge < -0.3 is 10.5 Å². The summed E-state index contributed by atoms with van der Waals surface area (Å²) in [5.74, 6) is -0.272. The van der Waals surface area contributed by atoms with Crippen LogP contribution in [0.4, 0.5) is 10.1 Å². The molecule has 2 nitrogen and oxygen atoms in total. The number of rotatable bonds is 2. The molecule has 0 radical (unpaired) electrons. The summed E-state index contributed by atoms with van der Waals surface area (Å²) in [6.45, 7) is 0. The molecule has 0 amide bonds. The number of hydrogen-bond donors (Lipinski definition) is 1. The molecule has 0 aliphatic carbocycles. The third-order valence-corrected chi connectivity index (χ3v) is 3.10. The summed E-state index contributed by atoms with van der Waals surface area (Å²) in [5.41, 5.74) is 6.77. The van der Waals surface area contributed by atoms with E-state index in [-0.39, 0.29) is 11.4 Å². The summed E-state index contributed by atoms with van der Waals surface area (Å²) < 4.78 is 18.7. The quantitative estimate of drug-likeness (QED) is 0.831. The number of nitrogens with two attached hydrogens (primary N) is 1. The van der Waals surface area contributed by atoms with Gasteiger partial charge in [-0.2, -0.15) is 0 Å². The first-order valence-electron chi connectivity index (χ1n) is 5.11. The maximum Gasteiger partial charge on any atom is 0.150 e. The molecule has 5 heteroatoms. The third-order valence-electron chi connectivity index (χ3n) is 2.55. The molecule has 18 heavy (non-hydrogen) atoms. The topological polar surface area (TPSA) is 35.2 Å². The monoisotopic (exact) mass is 285 g/mol. The van der Waals surface area contributed by atoms with E-state index in [0.29, 0.717) is 21.2 Å². The molecule has 0 saturated heterocycles. The second-order valence-corrected chi connectivity index (χ2v) is 4.54. The van der Waals surface area contributed by atoms with Gasteiger partial charge in [0.15, 0.2) is 5.82 Å². The zero-order valence-corrected chi connectivity index (χ0v) is 11.0. The Hall–Kier alpha value is -1.45. The Labute approximate surface area is 114 Å². The van der Waals surface area contributed by atoms with Crippen LogP contribution in [0.15, 0.2) is 30.3 Å². The van der Waals surface area contributed by atoms with Gasteiger partial charge >= 0.3 is 0 Å². The van der Waals surface area contributed by atoms with Crippen LogP contribution in [0.3, 0.4) is 0 Å². The van der Waals surface area contributed by atoms with Crippen molar-refractivity contribution >= 4 is 28.9 Å². The molecule has 0 aliphatic rings. The minimum Gasteiger partial charge on any atom is -0.494 e. The number of nitrogen functional groups attached to an aromatic ring is 1. The Kier molecular flexibility index (Phi) is 3.64. The van der Waals surface area contributed by atoms with Crippen LogP contribution >= 0.6 is 23.2 Å². The highest BCUT2D eigenvalue weighted by Gasteiger charge is 2.12. The molecule has 0 unspecified atom stereocenters. The number of benzene rings is 2. The van der Waals surface area contributed by atoms with E-state index in [1.54, 1.807) is 24.3 Å². The van der Waals surface area contributed by atoms with Crippen LogP contribution in [0, 0.1) is 5.82 Å². The highest BCUT2D eigenvalue weighted by atomic mass is 35.5. The summed E-state index contributed by atoms with van der Waals surface area (Å²) >= 11 is 11.9. The summed E-state index contributed by atoms with van der Waals surface area (Å²) in [5, 5.41) is 0.959. The summed E-state index contributed by atoms with van der Waals surface area (Å²) in [7, 11) is 1.43. The van der Waals surface area contributed by atoms with Crippen LogP contribution < -0.4 is 10.5 Å². The first-order valence-corrected chi connectivity index (χ1v) is 5.87. The lowest BCUT2D eigenvalue weighted by Crippen LogP contribution is -1.97. The predicted molar refractivity (Wildman–Crippen MR) is 72.8 cm³/mol. The third kappa shape index (κ3) is 2.37. The average Bonchev–Trinajstić information content (AvgIpc) is 2.32. The van der Waals surface area contributed by atoms with Crippen molar-refractivity contribution in [2.75, 3.05) is 12.8 Å². The van der Waals surface area contributed by atoms with E-state index in [1.165, 1.54) is 13.2 Å². The summed E-state index contributed by atoms with van der Waals surface area (Å²) in [4.78, 5) is 0. The van der Waals surface area contributed by atoms with Gasteiger partial charge in [0.25, 0.3) is 0 Å². The molecule has 0 spiro atoms. The zero-order valence-electron chi connectivity index (χ0n) is 9.51. The van der Waals surface area contributed by atoms with Gasteiger partial charge in [-0.1, -0.05) is 29.3 Å². The number of anilines is 1. The maximum absolute atomic E-state index is 13.6. The van der Waals surface area contributed by atoms with Gasteiger partial charge in [-0.05, 0) is 29.8 Å². The normalized spacial score (nSPS) is 10.4. The second kappa shape index (κ2) is 5.04. The van der Waals surface area contributed by atoms with E-state index in [2.05, 4.69) is 0 Å². The van der Waals surface area contributed by atoms with Gasteiger partial charge in [0.2, 0.25) is 0 Å². The SMILES string of the molecule is COc1cc(-c2ccc(Cl)cc2Cl)cc(F)c1N. The molecule has 0 aliphatic heterocycles. The highest BCUT2D eigenvalue weighted by molar-refractivity contribution is 6.36. The van der Waals surface area contributed by atoms with Crippen LogP contribution in [0.5, 0.6) is 5.75 Å². The zero-order chi connectivity index (χ0) is 13.3. The van der Waals surface area contributed by atoms with E-state index in [4.69, 9.17) is 33.7 Å². The number of methoxy groups -OCH3 is 1. The van der Waals surface area contributed by atoms with Crippen molar-refractivity contribution in [2.24, 2.45) is 0 Å². The van der Waals surface area contributed by atoms with Crippen molar-refractivity contribution < 1.29 is 9.13 Å². The molecule has 2 aromatic carbocycles. The van der Waals surface area contributed by atoms with E-state index in [0.717, 1.165) is 0 Å². The lowest BCUT2D eigenvalue weighted by Gasteiger charge is -2.10. The smallest absolute Gasteiger partial charge is 0.150 e. The molecule has 0 atom stereocenters. The van der Waals surface area contributed by atoms with Gasteiger partial charge in [0.05, 0.1) is 7.11 Å². The molecule has 2 rings (SSSR count). The molecule has 0 bridgehead atoms. The highest BCUT2D eigenvalue weighted by Crippen LogP contribution is 2.35. The van der Waals surface area contributed by atoms with Gasteiger partial charge in [-0.3, -0.25) is 0 Å². The Morgan fingerprint density at radius 1 is 1.17 bits per heavy atom. The van der Waals surface area contributed by atoms with Crippen LogP contribution in [0.1, 0.15) is 0 Å². The molecular weight excluding hydrogens is 276 g/mol. The summed E-state index contributed by atoms with van der Waals surface area (Å²) in [6, 6.07) is 7.94. The van der Waals surface area contributed by atoms with Crippen molar-refractivity contribution in [3.63, 3.8) is 0 Å². The molecule has 94 valence electrons. The molecule has 0 saturated carbocycles. The van der Waals surface area contributed by atoms with Crippen LogP contribution in [0.25, 0.3) is 11.1 Å². The Balaban J connectivity index is 2.60. The molecule has 0 fully saturated rings. The lowest BCUT2D eigenvalue weighted by atomic mass is 10.0. The fourth-order valence-electron chi connectivity index (χ4n) is 1.64. The van der Waals surface area contributed by atoms with Crippen molar-refractivity contribution in [3.8, 4) is 16.9 Å². The minimum absolute atomic E-state index is 0.0219. The molecule has 2 aromatic rings. The first kappa shape index (κ1) is 13.0. The fraction of sp³-hybridized carbons (Fsp3) is 0.0769. The maximum atomic E-state index is 13.6. The number of ether oxygens (including phenoxy) is 1. The van der Waals surface area contributed by atoms with Gasteiger partial charge in [0, 0.05) is 15.6 Å². The largest absolute Gasteiger partial charge is 0.494 e. The van der Waals surface area contributed by atoms with Crippen LogP contribution in [-0.4, -0.2) is 7.11 Å². The van der Waals surface area contributed by atoms with Crippen molar-refractivity contribution in [3.05, 3.63) is 46.2 Å². The minimum atomic E-state index is -0.546. The van der Waals surface area contributed by atoms with Crippen molar-refractivity contribution in [1.82, 2.24) is 0 Å². The molecule has 0 heterocycles. The van der Waals surface area contributed by atoms with Crippen LogP contribution in [-0.2, 0) is 0 Å². The van der Waals surface area contributed by atoms with Crippen LogP contribution in [0.2, 0.25) is 10.0 Å². The van der Waals surface area contributed by atoms with E-state index < -0.39 is 5.82 Å². The van der Waals surface area contributed by atoms with Gasteiger partial charge in [0.1, 0.15) is 11.4 Å². The predicted octanol–water partition coefficient (Wildman–Crippen LogP) is 4.39. The molecule has 2 N–H and O–H groups in total. The van der Waals surface area contributed by atoms with Gasteiger partial charge in [-0.25, -0.2) is 4.39 Å². The lowest BCUT2D eigenvalue weighted by molar-refractivity contribution is 0.414. The number of hydrogen-bond acceptors (Lipinski definition) is 2. The standard InChI is InChI=1S/C13H10Cl2FNO/c1-18-12-5-7(4-11(16)13(12)17)9-3-2-8(14)6-10(9)15/h2-6H,17H2,1H3. The van der Waals surface area contributed by atoms with E-state index in [1.807, 2.05) is 0 Å². The van der Waals surface area contributed by atoms with E-state index in [9.17, 15) is 4.39 Å². The van der Waals surface area contributed by atoms with Crippen molar-refractivity contribution in [2.45, 2.75) is 0 Å². The summed E-state index contributed by atoms with van der Waals surface area (Å²) in [6.07, 6.45) is 0. The fourth-order valence-corrected chi connectivity index (χ4v) is 2.16. The Morgan fingerprint density at radius 2 is 1.89 bits per heavy atom. The van der Waals surface area contributed by atoms with Gasteiger partial charge in [-0.15, -0.1) is 0 Å². The number of halogens is 3. The molecular formula is C13H10Cl2FNO.